The zero-order chi connectivity index (χ0) is 18.4. The number of likely N-dealkylation sites (N-methyl/N-ethyl adjacent to an activating group) is 1. The lowest BCUT2D eigenvalue weighted by Gasteiger charge is -2.21. The van der Waals surface area contributed by atoms with E-state index in [-0.39, 0.29) is 28.0 Å². The topological polar surface area (TPSA) is 46.6 Å². The van der Waals surface area contributed by atoms with Crippen LogP contribution in [0.5, 0.6) is 0 Å². The van der Waals surface area contributed by atoms with E-state index in [0.29, 0.717) is 12.1 Å². The molecule has 0 radical (unpaired) electrons. The maximum atomic E-state index is 13.2. The third kappa shape index (κ3) is 5.18. The highest BCUT2D eigenvalue weighted by atomic mass is 35.5. The van der Waals surface area contributed by atoms with Gasteiger partial charge in [-0.1, -0.05) is 41.4 Å². The summed E-state index contributed by atoms with van der Waals surface area (Å²) >= 11 is 11.9. The second kappa shape index (κ2) is 8.83. The molecule has 2 aromatic rings. The van der Waals surface area contributed by atoms with Crippen molar-refractivity contribution in [2.45, 2.75) is 13.5 Å². The molecule has 0 bridgehead atoms. The van der Waals surface area contributed by atoms with Gasteiger partial charge in [-0.25, -0.2) is 9.18 Å². The molecule has 2 rings (SSSR count). The number of hydrogen-bond acceptors (Lipinski definition) is 3. The highest BCUT2D eigenvalue weighted by Gasteiger charge is 2.19. The van der Waals surface area contributed by atoms with Gasteiger partial charge in [-0.2, -0.15) is 0 Å². The molecule has 0 aliphatic rings. The number of carbonyl (C=O) groups is 2. The Morgan fingerprint density at radius 1 is 1.12 bits per heavy atom. The summed E-state index contributed by atoms with van der Waals surface area (Å²) in [5, 5.41) is 0.300. The average molecular weight is 384 g/mol. The normalized spacial score (nSPS) is 10.4. The van der Waals surface area contributed by atoms with E-state index in [1.807, 2.05) is 0 Å². The van der Waals surface area contributed by atoms with Gasteiger partial charge in [0.25, 0.3) is 5.91 Å². The number of benzene rings is 2. The summed E-state index contributed by atoms with van der Waals surface area (Å²) in [5.41, 5.74) is 0.669. The molecule has 0 N–H and O–H groups in total. The highest BCUT2D eigenvalue weighted by Crippen LogP contribution is 2.24. The van der Waals surface area contributed by atoms with Gasteiger partial charge in [-0.05, 0) is 36.8 Å². The molecule has 2 aromatic carbocycles. The van der Waals surface area contributed by atoms with Crippen LogP contribution in [-0.2, 0) is 16.1 Å². The molecule has 7 heteroatoms. The van der Waals surface area contributed by atoms with Crippen molar-refractivity contribution in [1.29, 1.82) is 0 Å². The lowest BCUT2D eigenvalue weighted by molar-refractivity contribution is -0.134. The van der Waals surface area contributed by atoms with Crippen molar-refractivity contribution < 1.29 is 18.7 Å². The second-order valence-electron chi connectivity index (χ2n) is 5.21. The number of amides is 1. The Hall–Kier alpha value is -2.11. The Bertz CT molecular complexity index is 762. The minimum atomic E-state index is -0.772. The lowest BCUT2D eigenvalue weighted by atomic mass is 10.2. The second-order valence-corrected chi connectivity index (χ2v) is 6.03. The number of esters is 1. The third-order valence-electron chi connectivity index (χ3n) is 3.49. The van der Waals surface area contributed by atoms with Crippen LogP contribution in [0.3, 0.4) is 0 Å². The average Bonchev–Trinajstić information content (AvgIpc) is 2.57. The maximum Gasteiger partial charge on any atom is 0.341 e. The number of ether oxygens (including phenoxy) is 1. The number of hydrogen-bond donors (Lipinski definition) is 0. The molecule has 0 unspecified atom stereocenters. The van der Waals surface area contributed by atoms with E-state index in [0.717, 1.165) is 0 Å². The minimum absolute atomic E-state index is 0.0202. The van der Waals surface area contributed by atoms with Crippen LogP contribution >= 0.6 is 23.2 Å². The van der Waals surface area contributed by atoms with Crippen molar-refractivity contribution in [3.05, 3.63) is 69.5 Å². The van der Waals surface area contributed by atoms with Gasteiger partial charge in [0.1, 0.15) is 5.82 Å². The summed E-state index contributed by atoms with van der Waals surface area (Å²) in [6.45, 7) is 1.94. The monoisotopic (exact) mass is 383 g/mol. The zero-order valence-corrected chi connectivity index (χ0v) is 15.0. The summed E-state index contributed by atoms with van der Waals surface area (Å²) < 4.78 is 18.3. The van der Waals surface area contributed by atoms with Crippen molar-refractivity contribution in [3.63, 3.8) is 0 Å². The lowest BCUT2D eigenvalue weighted by Crippen LogP contribution is -2.34. The van der Waals surface area contributed by atoms with Crippen LogP contribution in [0.1, 0.15) is 22.8 Å². The first-order chi connectivity index (χ1) is 11.9. The summed E-state index contributed by atoms with van der Waals surface area (Å²) in [4.78, 5) is 25.8. The molecule has 0 saturated heterocycles. The fraction of sp³-hybridized carbons (Fsp3) is 0.222. The standard InChI is InChI=1S/C18H16Cl2FNO3/c1-2-22(10-12-5-3-6-13(21)9-12)16(23)11-25-18(24)17-14(19)7-4-8-15(17)20/h3-9H,2,10-11H2,1H3. The number of halogens is 3. The summed E-state index contributed by atoms with van der Waals surface area (Å²) in [6, 6.07) is 10.6. The molecular weight excluding hydrogens is 368 g/mol. The summed E-state index contributed by atoms with van der Waals surface area (Å²) in [6.07, 6.45) is 0. The van der Waals surface area contributed by atoms with E-state index in [2.05, 4.69) is 0 Å². The zero-order valence-electron chi connectivity index (χ0n) is 13.5. The predicted octanol–water partition coefficient (Wildman–Crippen LogP) is 4.34. The SMILES string of the molecule is CCN(Cc1cccc(F)c1)C(=O)COC(=O)c1c(Cl)cccc1Cl. The molecular formula is C18H16Cl2FNO3. The van der Waals surface area contributed by atoms with Gasteiger partial charge in [0.15, 0.2) is 6.61 Å². The quantitative estimate of drug-likeness (QED) is 0.697. The van der Waals surface area contributed by atoms with Crippen LogP contribution in [-0.4, -0.2) is 29.9 Å². The Kier molecular flexibility index (Phi) is 6.79. The molecule has 0 heterocycles. The molecule has 4 nitrogen and oxygen atoms in total. The van der Waals surface area contributed by atoms with Crippen LogP contribution in [0, 0.1) is 5.82 Å². The Morgan fingerprint density at radius 3 is 2.36 bits per heavy atom. The molecule has 132 valence electrons. The van der Waals surface area contributed by atoms with E-state index in [1.165, 1.54) is 29.2 Å². The molecule has 0 spiro atoms. The first-order valence-corrected chi connectivity index (χ1v) is 8.31. The van der Waals surface area contributed by atoms with Crippen molar-refractivity contribution in [1.82, 2.24) is 4.90 Å². The van der Waals surface area contributed by atoms with Gasteiger partial charge in [0.05, 0.1) is 15.6 Å². The number of nitrogens with zero attached hydrogens (tertiary/aromatic N) is 1. The van der Waals surface area contributed by atoms with Gasteiger partial charge in [-0.3, -0.25) is 4.79 Å². The molecule has 0 atom stereocenters. The molecule has 0 fully saturated rings. The van der Waals surface area contributed by atoms with Crippen LogP contribution in [0.4, 0.5) is 4.39 Å². The maximum absolute atomic E-state index is 13.2. The minimum Gasteiger partial charge on any atom is -0.452 e. The summed E-state index contributed by atoms with van der Waals surface area (Å²) in [7, 11) is 0. The van der Waals surface area contributed by atoms with E-state index < -0.39 is 18.5 Å². The predicted molar refractivity (Wildman–Crippen MR) is 94.2 cm³/mol. The Labute approximate surface area is 155 Å². The van der Waals surface area contributed by atoms with Crippen molar-refractivity contribution >= 4 is 35.1 Å². The van der Waals surface area contributed by atoms with E-state index in [4.69, 9.17) is 27.9 Å². The Balaban J connectivity index is 1.99. The van der Waals surface area contributed by atoms with Crippen LogP contribution < -0.4 is 0 Å². The molecule has 0 aliphatic heterocycles. The van der Waals surface area contributed by atoms with Gasteiger partial charge < -0.3 is 9.64 Å². The van der Waals surface area contributed by atoms with Crippen LogP contribution in [0.2, 0.25) is 10.0 Å². The van der Waals surface area contributed by atoms with Gasteiger partial charge in [0, 0.05) is 13.1 Å². The van der Waals surface area contributed by atoms with Crippen molar-refractivity contribution in [2.75, 3.05) is 13.2 Å². The fourth-order valence-electron chi connectivity index (χ4n) is 2.22. The largest absolute Gasteiger partial charge is 0.452 e. The number of carbonyl (C=O) groups excluding carboxylic acids is 2. The molecule has 25 heavy (non-hydrogen) atoms. The van der Waals surface area contributed by atoms with E-state index in [9.17, 15) is 14.0 Å². The van der Waals surface area contributed by atoms with Gasteiger partial charge >= 0.3 is 5.97 Å². The van der Waals surface area contributed by atoms with Gasteiger partial charge in [-0.15, -0.1) is 0 Å². The first-order valence-electron chi connectivity index (χ1n) is 7.55. The van der Waals surface area contributed by atoms with Crippen molar-refractivity contribution in [3.8, 4) is 0 Å². The van der Waals surface area contributed by atoms with E-state index >= 15 is 0 Å². The highest BCUT2D eigenvalue weighted by molar-refractivity contribution is 6.39. The molecule has 1 amide bonds. The Morgan fingerprint density at radius 2 is 1.76 bits per heavy atom. The molecule has 0 aromatic heterocycles. The van der Waals surface area contributed by atoms with Gasteiger partial charge in [0.2, 0.25) is 0 Å². The smallest absolute Gasteiger partial charge is 0.341 e. The first kappa shape index (κ1) is 19.2. The third-order valence-corrected chi connectivity index (χ3v) is 4.12. The number of rotatable bonds is 6. The van der Waals surface area contributed by atoms with E-state index in [1.54, 1.807) is 25.1 Å². The summed E-state index contributed by atoms with van der Waals surface area (Å²) in [5.74, 6) is -1.55. The van der Waals surface area contributed by atoms with Crippen LogP contribution in [0.25, 0.3) is 0 Å². The van der Waals surface area contributed by atoms with Crippen molar-refractivity contribution in [2.24, 2.45) is 0 Å². The molecule has 0 saturated carbocycles. The van der Waals surface area contributed by atoms with Crippen LogP contribution in [0.15, 0.2) is 42.5 Å². The molecule has 0 aliphatic carbocycles. The fourth-order valence-corrected chi connectivity index (χ4v) is 2.77.